The molecule has 1 amide bonds. The Morgan fingerprint density at radius 2 is 1.94 bits per heavy atom. The maximum Gasteiger partial charge on any atom is 0.226 e. The normalized spacial score (nSPS) is 16.5. The van der Waals surface area contributed by atoms with Crippen LogP contribution >= 0.6 is 0 Å². The molecule has 1 fully saturated rings. The molecule has 1 aromatic rings. The summed E-state index contributed by atoms with van der Waals surface area (Å²) in [5, 5.41) is 0. The van der Waals surface area contributed by atoms with Gasteiger partial charge in [0.2, 0.25) is 5.91 Å². The maximum absolute atomic E-state index is 11.8. The molecule has 0 aliphatic carbocycles. The number of carbonyl (C=O) groups excluding carboxylic acids is 1. The summed E-state index contributed by atoms with van der Waals surface area (Å²) in [6.45, 7) is 6.33. The minimum atomic E-state index is 0.271. The van der Waals surface area contributed by atoms with Gasteiger partial charge in [0.1, 0.15) is 0 Å². The van der Waals surface area contributed by atoms with Crippen LogP contribution in [-0.4, -0.2) is 23.9 Å². The Labute approximate surface area is 104 Å². The van der Waals surface area contributed by atoms with E-state index >= 15 is 0 Å². The van der Waals surface area contributed by atoms with Crippen molar-refractivity contribution < 1.29 is 4.79 Å². The average molecular weight is 231 g/mol. The molecule has 2 heteroatoms. The van der Waals surface area contributed by atoms with Crippen molar-refractivity contribution in [1.29, 1.82) is 0 Å². The topological polar surface area (TPSA) is 20.3 Å². The molecule has 1 aliphatic rings. The average Bonchev–Trinajstić information content (AvgIpc) is 2.26. The van der Waals surface area contributed by atoms with E-state index in [1.165, 1.54) is 12.0 Å². The molecule has 0 spiro atoms. The molecule has 1 aromatic carbocycles. The van der Waals surface area contributed by atoms with Crippen LogP contribution in [0.2, 0.25) is 0 Å². The van der Waals surface area contributed by atoms with Crippen LogP contribution in [0.15, 0.2) is 24.3 Å². The zero-order chi connectivity index (χ0) is 12.3. The summed E-state index contributed by atoms with van der Waals surface area (Å²) in [5.41, 5.74) is 2.50. The van der Waals surface area contributed by atoms with Crippen molar-refractivity contribution in [3.8, 4) is 0 Å². The quantitative estimate of drug-likeness (QED) is 0.780. The summed E-state index contributed by atoms with van der Waals surface area (Å²) in [7, 11) is 0. The highest BCUT2D eigenvalue weighted by Crippen LogP contribution is 2.19. The minimum absolute atomic E-state index is 0.271. The van der Waals surface area contributed by atoms with Crippen molar-refractivity contribution in [2.24, 2.45) is 0 Å². The van der Waals surface area contributed by atoms with Gasteiger partial charge in [-0.1, -0.05) is 38.1 Å². The van der Waals surface area contributed by atoms with Crippen LogP contribution in [0.25, 0.3) is 0 Å². The van der Waals surface area contributed by atoms with Crippen LogP contribution in [-0.2, 0) is 11.2 Å². The summed E-state index contributed by atoms with van der Waals surface area (Å²) in [5.74, 6) is 0.877. The van der Waals surface area contributed by atoms with E-state index < -0.39 is 0 Å². The van der Waals surface area contributed by atoms with E-state index in [-0.39, 0.29) is 5.91 Å². The summed E-state index contributed by atoms with van der Waals surface area (Å²) in [6, 6.07) is 8.51. The van der Waals surface area contributed by atoms with Gasteiger partial charge in [-0.15, -0.1) is 0 Å². The van der Waals surface area contributed by atoms with Gasteiger partial charge in [-0.25, -0.2) is 0 Å². The molecular formula is C15H21NO. The van der Waals surface area contributed by atoms with Gasteiger partial charge >= 0.3 is 0 Å². The lowest BCUT2D eigenvalue weighted by molar-refractivity contribution is -0.133. The molecule has 0 bridgehead atoms. The first kappa shape index (κ1) is 12.2. The van der Waals surface area contributed by atoms with E-state index in [9.17, 15) is 4.79 Å². The lowest BCUT2D eigenvalue weighted by atomic mass is 9.97. The molecular weight excluding hydrogens is 210 g/mol. The van der Waals surface area contributed by atoms with Gasteiger partial charge in [0.25, 0.3) is 0 Å². The van der Waals surface area contributed by atoms with E-state index in [0.717, 1.165) is 25.1 Å². The standard InChI is InChI=1S/C15H21NO/c1-3-12(2)14-7-5-13(6-8-14)11-15(17)16-9-4-10-16/h5-8,12H,3-4,9-11H2,1-2H3. The van der Waals surface area contributed by atoms with Crippen molar-refractivity contribution in [3.05, 3.63) is 35.4 Å². The number of carbonyl (C=O) groups is 1. The minimum Gasteiger partial charge on any atom is -0.342 e. The molecule has 0 saturated carbocycles. The predicted molar refractivity (Wildman–Crippen MR) is 70.0 cm³/mol. The highest BCUT2D eigenvalue weighted by molar-refractivity contribution is 5.79. The number of hydrogen-bond acceptors (Lipinski definition) is 1. The van der Waals surface area contributed by atoms with E-state index in [1.54, 1.807) is 0 Å². The van der Waals surface area contributed by atoms with Gasteiger partial charge in [0, 0.05) is 13.1 Å². The van der Waals surface area contributed by atoms with Gasteiger partial charge in [-0.3, -0.25) is 4.79 Å². The van der Waals surface area contributed by atoms with E-state index in [2.05, 4.69) is 38.1 Å². The molecule has 0 radical (unpaired) electrons. The molecule has 2 nitrogen and oxygen atoms in total. The Morgan fingerprint density at radius 1 is 1.29 bits per heavy atom. The Balaban J connectivity index is 1.95. The van der Waals surface area contributed by atoms with E-state index in [1.807, 2.05) is 4.90 Å². The van der Waals surface area contributed by atoms with Gasteiger partial charge in [0.15, 0.2) is 0 Å². The third kappa shape index (κ3) is 2.87. The van der Waals surface area contributed by atoms with Crippen LogP contribution in [0.5, 0.6) is 0 Å². The summed E-state index contributed by atoms with van der Waals surface area (Å²) < 4.78 is 0. The first-order valence-corrected chi connectivity index (χ1v) is 6.57. The van der Waals surface area contributed by atoms with E-state index in [4.69, 9.17) is 0 Å². The molecule has 2 rings (SSSR count). The fourth-order valence-electron chi connectivity index (χ4n) is 2.05. The number of amides is 1. The zero-order valence-corrected chi connectivity index (χ0v) is 10.8. The predicted octanol–water partition coefficient (Wildman–Crippen LogP) is 2.97. The number of likely N-dealkylation sites (tertiary alicyclic amines) is 1. The first-order chi connectivity index (χ1) is 8.20. The van der Waals surface area contributed by atoms with Crippen molar-refractivity contribution in [3.63, 3.8) is 0 Å². The van der Waals surface area contributed by atoms with Crippen molar-refractivity contribution in [2.75, 3.05) is 13.1 Å². The molecule has 0 aromatic heterocycles. The lowest BCUT2D eigenvalue weighted by Crippen LogP contribution is -2.42. The number of nitrogens with zero attached hydrogens (tertiary/aromatic N) is 1. The fourth-order valence-corrected chi connectivity index (χ4v) is 2.05. The third-order valence-corrected chi connectivity index (χ3v) is 3.73. The molecule has 0 N–H and O–H groups in total. The van der Waals surface area contributed by atoms with E-state index in [0.29, 0.717) is 12.3 Å². The van der Waals surface area contributed by atoms with Crippen LogP contribution < -0.4 is 0 Å². The smallest absolute Gasteiger partial charge is 0.226 e. The molecule has 1 heterocycles. The van der Waals surface area contributed by atoms with Crippen molar-refractivity contribution >= 4 is 5.91 Å². The SMILES string of the molecule is CCC(C)c1ccc(CC(=O)N2CCC2)cc1. The van der Waals surface area contributed by atoms with Crippen LogP contribution in [0.1, 0.15) is 43.7 Å². The van der Waals surface area contributed by atoms with Crippen LogP contribution in [0.3, 0.4) is 0 Å². The Kier molecular flexibility index (Phi) is 3.82. The number of hydrogen-bond donors (Lipinski definition) is 0. The zero-order valence-electron chi connectivity index (χ0n) is 10.8. The molecule has 92 valence electrons. The molecule has 1 unspecified atom stereocenters. The molecule has 17 heavy (non-hydrogen) atoms. The van der Waals surface area contributed by atoms with Gasteiger partial charge in [0.05, 0.1) is 6.42 Å². The van der Waals surface area contributed by atoms with Gasteiger partial charge in [-0.05, 0) is 29.9 Å². The summed E-state index contributed by atoms with van der Waals surface area (Å²) in [4.78, 5) is 13.7. The second-order valence-corrected chi connectivity index (χ2v) is 4.96. The second kappa shape index (κ2) is 5.35. The summed E-state index contributed by atoms with van der Waals surface area (Å²) in [6.07, 6.45) is 2.88. The first-order valence-electron chi connectivity index (χ1n) is 6.57. The number of benzene rings is 1. The Morgan fingerprint density at radius 3 is 2.41 bits per heavy atom. The Hall–Kier alpha value is -1.31. The lowest BCUT2D eigenvalue weighted by Gasteiger charge is -2.31. The van der Waals surface area contributed by atoms with Gasteiger partial charge < -0.3 is 4.90 Å². The monoisotopic (exact) mass is 231 g/mol. The second-order valence-electron chi connectivity index (χ2n) is 4.96. The highest BCUT2D eigenvalue weighted by atomic mass is 16.2. The summed E-state index contributed by atoms with van der Waals surface area (Å²) >= 11 is 0. The van der Waals surface area contributed by atoms with Crippen molar-refractivity contribution in [1.82, 2.24) is 4.90 Å². The Bertz CT molecular complexity index is 378. The highest BCUT2D eigenvalue weighted by Gasteiger charge is 2.19. The largest absolute Gasteiger partial charge is 0.342 e. The molecule has 1 atom stereocenters. The molecule has 1 aliphatic heterocycles. The van der Waals surface area contributed by atoms with Gasteiger partial charge in [-0.2, -0.15) is 0 Å². The third-order valence-electron chi connectivity index (χ3n) is 3.73. The van der Waals surface area contributed by atoms with Crippen LogP contribution in [0, 0.1) is 0 Å². The fraction of sp³-hybridized carbons (Fsp3) is 0.533. The van der Waals surface area contributed by atoms with Crippen LogP contribution in [0.4, 0.5) is 0 Å². The molecule has 1 saturated heterocycles. The van der Waals surface area contributed by atoms with Crippen molar-refractivity contribution in [2.45, 2.75) is 39.0 Å². The number of rotatable bonds is 4. The maximum atomic E-state index is 11.8.